The second kappa shape index (κ2) is 7.30. The Balaban J connectivity index is 2.04. The molecule has 114 valence electrons. The Bertz CT molecular complexity index is 771. The molecule has 0 aliphatic rings. The van der Waals surface area contributed by atoms with Crippen LogP contribution in [0.3, 0.4) is 0 Å². The van der Waals surface area contributed by atoms with Crippen molar-refractivity contribution < 1.29 is 0 Å². The average Bonchev–Trinajstić information content (AvgIpc) is 2.62. The second-order valence-corrected chi connectivity index (χ2v) is 6.09. The van der Waals surface area contributed by atoms with Gasteiger partial charge < -0.3 is 0 Å². The predicted octanol–water partition coefficient (Wildman–Crippen LogP) is 6.58. The van der Waals surface area contributed by atoms with E-state index in [9.17, 15) is 0 Å². The summed E-state index contributed by atoms with van der Waals surface area (Å²) in [4.78, 5) is 0. The molecule has 0 aliphatic carbocycles. The average molecular weight is 319 g/mol. The summed E-state index contributed by atoms with van der Waals surface area (Å²) in [5.41, 5.74) is 5.05. The summed E-state index contributed by atoms with van der Waals surface area (Å²) in [6, 6.07) is 29.2. The number of hydrogen-bond acceptors (Lipinski definition) is 0. The van der Waals surface area contributed by atoms with Gasteiger partial charge in [-0.15, -0.1) is 0 Å². The molecule has 3 aromatic carbocycles. The molecule has 0 aromatic heterocycles. The maximum Gasteiger partial charge on any atom is 0.0406 e. The highest BCUT2D eigenvalue weighted by molar-refractivity contribution is 6.30. The zero-order valence-corrected chi connectivity index (χ0v) is 13.9. The van der Waals surface area contributed by atoms with Gasteiger partial charge in [-0.05, 0) is 41.3 Å². The largest absolute Gasteiger partial charge is 0.0843 e. The molecule has 3 aromatic rings. The van der Waals surface area contributed by atoms with Crippen LogP contribution in [0.15, 0.2) is 91.0 Å². The Labute approximate surface area is 143 Å². The summed E-state index contributed by atoms with van der Waals surface area (Å²) in [5.74, 6) is 0.216. The molecule has 0 spiro atoms. The van der Waals surface area contributed by atoms with Gasteiger partial charge in [0.15, 0.2) is 0 Å². The third-order valence-electron chi connectivity index (χ3n) is 4.03. The molecule has 3 rings (SSSR count). The maximum absolute atomic E-state index is 6.05. The number of rotatable bonds is 4. The van der Waals surface area contributed by atoms with Crippen LogP contribution < -0.4 is 0 Å². The summed E-state index contributed by atoms with van der Waals surface area (Å²) < 4.78 is 0. The molecule has 1 atom stereocenters. The molecular weight excluding hydrogens is 300 g/mol. The fraction of sp³-hybridized carbons (Fsp3) is 0.0909. The van der Waals surface area contributed by atoms with Crippen molar-refractivity contribution in [3.63, 3.8) is 0 Å². The van der Waals surface area contributed by atoms with E-state index in [0.29, 0.717) is 0 Å². The highest BCUT2D eigenvalue weighted by Crippen LogP contribution is 2.30. The van der Waals surface area contributed by atoms with E-state index in [0.717, 1.165) is 5.02 Å². The van der Waals surface area contributed by atoms with Crippen LogP contribution in [-0.4, -0.2) is 0 Å². The van der Waals surface area contributed by atoms with Crippen LogP contribution in [0.1, 0.15) is 29.5 Å². The SMILES string of the molecule is C/C(=C\C(c1ccccc1)c1ccc(Cl)cc1)c1ccccc1. The number of hydrogen-bond donors (Lipinski definition) is 0. The van der Waals surface area contributed by atoms with E-state index in [1.165, 1.54) is 22.3 Å². The molecule has 1 heteroatoms. The zero-order chi connectivity index (χ0) is 16.1. The van der Waals surface area contributed by atoms with Crippen LogP contribution in [0.4, 0.5) is 0 Å². The molecule has 0 fully saturated rings. The minimum absolute atomic E-state index is 0.216. The third kappa shape index (κ3) is 3.91. The topological polar surface area (TPSA) is 0 Å². The van der Waals surface area contributed by atoms with Crippen LogP contribution in [0, 0.1) is 0 Å². The van der Waals surface area contributed by atoms with Gasteiger partial charge in [-0.1, -0.05) is 90.5 Å². The van der Waals surface area contributed by atoms with Crippen LogP contribution in [0.5, 0.6) is 0 Å². The van der Waals surface area contributed by atoms with Gasteiger partial charge in [0, 0.05) is 10.9 Å². The monoisotopic (exact) mass is 318 g/mol. The molecule has 23 heavy (non-hydrogen) atoms. The van der Waals surface area contributed by atoms with Crippen molar-refractivity contribution in [3.8, 4) is 0 Å². The van der Waals surface area contributed by atoms with Crippen LogP contribution in [0.25, 0.3) is 5.57 Å². The summed E-state index contributed by atoms with van der Waals surface area (Å²) in [5, 5.41) is 0.768. The normalized spacial score (nSPS) is 12.9. The summed E-state index contributed by atoms with van der Waals surface area (Å²) in [7, 11) is 0. The Morgan fingerprint density at radius 2 is 1.26 bits per heavy atom. The van der Waals surface area contributed by atoms with Crippen molar-refractivity contribution in [1.29, 1.82) is 0 Å². The molecule has 0 nitrogen and oxygen atoms in total. The van der Waals surface area contributed by atoms with Crippen molar-refractivity contribution in [1.82, 2.24) is 0 Å². The first-order chi connectivity index (χ1) is 11.2. The van der Waals surface area contributed by atoms with Gasteiger partial charge in [0.25, 0.3) is 0 Å². The standard InChI is InChI=1S/C22H19Cl/c1-17(18-8-4-2-5-9-18)16-22(19-10-6-3-7-11-19)20-12-14-21(23)15-13-20/h2-16,22H,1H3/b17-16+. The van der Waals surface area contributed by atoms with Crippen LogP contribution in [0.2, 0.25) is 5.02 Å². The van der Waals surface area contributed by atoms with Gasteiger partial charge >= 0.3 is 0 Å². The first-order valence-corrected chi connectivity index (χ1v) is 8.16. The maximum atomic E-state index is 6.05. The Hall–Kier alpha value is -2.31. The van der Waals surface area contributed by atoms with E-state index in [1.807, 2.05) is 18.2 Å². The lowest BCUT2D eigenvalue weighted by atomic mass is 9.88. The van der Waals surface area contributed by atoms with E-state index in [2.05, 4.69) is 79.7 Å². The fourth-order valence-electron chi connectivity index (χ4n) is 2.76. The summed E-state index contributed by atoms with van der Waals surface area (Å²) >= 11 is 6.05. The minimum Gasteiger partial charge on any atom is -0.0843 e. The van der Waals surface area contributed by atoms with Crippen molar-refractivity contribution in [2.75, 3.05) is 0 Å². The fourth-order valence-corrected chi connectivity index (χ4v) is 2.89. The van der Waals surface area contributed by atoms with Crippen molar-refractivity contribution >= 4 is 17.2 Å². The first kappa shape index (κ1) is 15.6. The van der Waals surface area contributed by atoms with E-state index in [4.69, 9.17) is 11.6 Å². The smallest absolute Gasteiger partial charge is 0.0406 e. The van der Waals surface area contributed by atoms with Crippen molar-refractivity contribution in [3.05, 3.63) is 113 Å². The zero-order valence-electron chi connectivity index (χ0n) is 13.1. The van der Waals surface area contributed by atoms with Crippen molar-refractivity contribution in [2.45, 2.75) is 12.8 Å². The van der Waals surface area contributed by atoms with Gasteiger partial charge in [-0.25, -0.2) is 0 Å². The van der Waals surface area contributed by atoms with E-state index in [-0.39, 0.29) is 5.92 Å². The summed E-state index contributed by atoms with van der Waals surface area (Å²) in [6.45, 7) is 2.17. The highest BCUT2D eigenvalue weighted by atomic mass is 35.5. The highest BCUT2D eigenvalue weighted by Gasteiger charge is 2.12. The number of halogens is 1. The molecule has 0 heterocycles. The number of allylic oxidation sites excluding steroid dienone is 2. The molecule has 0 saturated carbocycles. The van der Waals surface area contributed by atoms with Crippen LogP contribution in [-0.2, 0) is 0 Å². The molecule has 0 bridgehead atoms. The quantitative estimate of drug-likeness (QED) is 0.510. The third-order valence-corrected chi connectivity index (χ3v) is 4.29. The minimum atomic E-state index is 0.216. The van der Waals surface area contributed by atoms with Gasteiger partial charge in [-0.2, -0.15) is 0 Å². The molecular formula is C22H19Cl. The Morgan fingerprint density at radius 1 is 0.739 bits per heavy atom. The molecule has 0 amide bonds. The Kier molecular flexibility index (Phi) is 4.95. The van der Waals surface area contributed by atoms with Gasteiger partial charge in [0.2, 0.25) is 0 Å². The van der Waals surface area contributed by atoms with Gasteiger partial charge in [0.05, 0.1) is 0 Å². The lowest BCUT2D eigenvalue weighted by Gasteiger charge is -2.16. The molecule has 1 unspecified atom stereocenters. The lowest BCUT2D eigenvalue weighted by molar-refractivity contribution is 1.03. The molecule has 0 saturated heterocycles. The first-order valence-electron chi connectivity index (χ1n) is 7.78. The van der Waals surface area contributed by atoms with Crippen molar-refractivity contribution in [2.24, 2.45) is 0 Å². The molecule has 0 N–H and O–H groups in total. The Morgan fingerprint density at radius 3 is 1.87 bits per heavy atom. The molecule has 0 radical (unpaired) electrons. The second-order valence-electron chi connectivity index (χ2n) is 5.66. The lowest BCUT2D eigenvalue weighted by Crippen LogP contribution is -1.98. The van der Waals surface area contributed by atoms with E-state index >= 15 is 0 Å². The predicted molar refractivity (Wildman–Crippen MR) is 99.8 cm³/mol. The van der Waals surface area contributed by atoms with Gasteiger partial charge in [-0.3, -0.25) is 0 Å². The van der Waals surface area contributed by atoms with E-state index < -0.39 is 0 Å². The van der Waals surface area contributed by atoms with Crippen LogP contribution >= 0.6 is 11.6 Å². The van der Waals surface area contributed by atoms with Gasteiger partial charge in [0.1, 0.15) is 0 Å². The van der Waals surface area contributed by atoms with E-state index in [1.54, 1.807) is 0 Å². The molecule has 0 aliphatic heterocycles. The summed E-state index contributed by atoms with van der Waals surface area (Å²) in [6.07, 6.45) is 2.33. The number of benzene rings is 3.